The molecule has 1 aliphatic carbocycles. The predicted octanol–water partition coefficient (Wildman–Crippen LogP) is 1.88. The molecule has 0 amide bonds. The van der Waals surface area contributed by atoms with Gasteiger partial charge in [-0.3, -0.25) is 4.79 Å². The third kappa shape index (κ3) is 1.18. The lowest BCUT2D eigenvalue weighted by atomic mass is 10.1. The fraction of sp³-hybridized carbons (Fsp3) is 0.182. The van der Waals surface area contributed by atoms with Gasteiger partial charge in [-0.1, -0.05) is 6.07 Å². The van der Waals surface area contributed by atoms with Crippen LogP contribution in [0.4, 0.5) is 0 Å². The Labute approximate surface area is 81.6 Å². The molecule has 0 unspecified atom stereocenters. The van der Waals surface area contributed by atoms with E-state index in [1.54, 1.807) is 13.2 Å². The summed E-state index contributed by atoms with van der Waals surface area (Å²) in [5.74, 6) is 0.553. The zero-order valence-electron chi connectivity index (χ0n) is 7.78. The van der Waals surface area contributed by atoms with E-state index in [1.165, 1.54) is 0 Å². The minimum absolute atomic E-state index is 0.110. The van der Waals surface area contributed by atoms with Gasteiger partial charge in [-0.15, -0.1) is 0 Å². The van der Waals surface area contributed by atoms with E-state index in [9.17, 15) is 4.79 Å². The number of methoxy groups -OCH3 is 1. The Bertz CT molecular complexity index is 419. The highest BCUT2D eigenvalue weighted by molar-refractivity contribution is 6.13. The maximum absolute atomic E-state index is 11.6. The lowest BCUT2D eigenvalue weighted by Gasteiger charge is -2.01. The first-order valence-corrected chi connectivity index (χ1v) is 4.31. The van der Waals surface area contributed by atoms with Crippen molar-refractivity contribution in [1.82, 2.24) is 0 Å². The molecule has 72 valence electrons. The van der Waals surface area contributed by atoms with Gasteiger partial charge in [0.25, 0.3) is 0 Å². The van der Waals surface area contributed by atoms with Crippen LogP contribution in [0.15, 0.2) is 30.0 Å². The van der Waals surface area contributed by atoms with Crippen molar-refractivity contribution in [2.75, 3.05) is 7.11 Å². The second kappa shape index (κ2) is 3.18. The van der Waals surface area contributed by atoms with Gasteiger partial charge in [-0.25, -0.2) is 0 Å². The number of Topliss-reactive ketones (excluding diaryl/α,β-unsaturated/α-hetero) is 1. The van der Waals surface area contributed by atoms with Crippen molar-refractivity contribution in [1.29, 1.82) is 0 Å². The molecule has 1 N–H and O–H groups in total. The lowest BCUT2D eigenvalue weighted by molar-refractivity contribution is 0.103. The number of rotatable bonds is 1. The minimum Gasteiger partial charge on any atom is -0.515 e. The molecule has 0 spiro atoms. The van der Waals surface area contributed by atoms with Crippen LogP contribution >= 0.6 is 0 Å². The van der Waals surface area contributed by atoms with Crippen molar-refractivity contribution < 1.29 is 14.6 Å². The minimum atomic E-state index is -0.110. The number of hydrogen-bond acceptors (Lipinski definition) is 3. The summed E-state index contributed by atoms with van der Waals surface area (Å²) in [4.78, 5) is 11.6. The number of ketones is 1. The third-order valence-electron chi connectivity index (χ3n) is 2.39. The number of aliphatic hydroxyl groups excluding tert-OH is 1. The zero-order valence-corrected chi connectivity index (χ0v) is 7.78. The Balaban J connectivity index is 2.50. The molecular weight excluding hydrogens is 180 g/mol. The number of allylic oxidation sites excluding steroid dienone is 1. The molecule has 0 saturated carbocycles. The summed E-state index contributed by atoms with van der Waals surface area (Å²) in [7, 11) is 1.56. The van der Waals surface area contributed by atoms with Gasteiger partial charge < -0.3 is 9.84 Å². The summed E-state index contributed by atoms with van der Waals surface area (Å²) in [5.41, 5.74) is 2.01. The number of carbonyl (C=O) groups is 1. The molecular formula is C11H10O3. The van der Waals surface area contributed by atoms with Crippen molar-refractivity contribution >= 4 is 5.78 Å². The smallest absolute Gasteiger partial charge is 0.192 e. The van der Waals surface area contributed by atoms with E-state index >= 15 is 0 Å². The van der Waals surface area contributed by atoms with Crippen molar-refractivity contribution in [3.05, 3.63) is 41.2 Å². The summed E-state index contributed by atoms with van der Waals surface area (Å²) in [6, 6.07) is 5.36. The average Bonchev–Trinajstić information content (AvgIpc) is 2.55. The molecule has 0 atom stereocenters. The number of benzene rings is 1. The van der Waals surface area contributed by atoms with Crippen LogP contribution in [0.2, 0.25) is 0 Å². The van der Waals surface area contributed by atoms with Gasteiger partial charge in [0.1, 0.15) is 5.75 Å². The molecule has 0 fully saturated rings. The van der Waals surface area contributed by atoms with E-state index < -0.39 is 0 Å². The molecule has 1 aliphatic rings. The number of carbonyl (C=O) groups excluding carboxylic acids is 1. The molecule has 1 aromatic carbocycles. The van der Waals surface area contributed by atoms with E-state index in [-0.39, 0.29) is 5.78 Å². The van der Waals surface area contributed by atoms with E-state index in [1.807, 2.05) is 12.1 Å². The summed E-state index contributed by atoms with van der Waals surface area (Å²) in [5, 5.41) is 8.82. The standard InChI is InChI=1S/C11H10O3/c1-14-9-3-2-7-4-8(6-12)11(13)10(7)5-9/h2-3,5-6,12H,4H2,1H3/b8-6+. The van der Waals surface area contributed by atoms with Crippen LogP contribution < -0.4 is 4.74 Å². The largest absolute Gasteiger partial charge is 0.515 e. The average molecular weight is 190 g/mol. The Morgan fingerprint density at radius 1 is 1.50 bits per heavy atom. The van der Waals surface area contributed by atoms with E-state index in [4.69, 9.17) is 9.84 Å². The molecule has 0 bridgehead atoms. The van der Waals surface area contributed by atoms with Gasteiger partial charge in [-0.2, -0.15) is 0 Å². The second-order valence-corrected chi connectivity index (χ2v) is 3.18. The summed E-state index contributed by atoms with van der Waals surface area (Å²) in [6.07, 6.45) is 1.39. The van der Waals surface area contributed by atoms with Gasteiger partial charge in [0, 0.05) is 17.6 Å². The monoisotopic (exact) mass is 190 g/mol. The molecule has 1 aromatic rings. The first kappa shape index (κ1) is 8.81. The van der Waals surface area contributed by atoms with Crippen molar-refractivity contribution in [2.45, 2.75) is 6.42 Å². The van der Waals surface area contributed by atoms with Gasteiger partial charge in [0.2, 0.25) is 0 Å². The van der Waals surface area contributed by atoms with E-state index in [0.29, 0.717) is 23.3 Å². The van der Waals surface area contributed by atoms with Crippen LogP contribution in [0, 0.1) is 0 Å². The summed E-state index contributed by atoms with van der Waals surface area (Å²) in [6.45, 7) is 0. The normalized spacial score (nSPS) is 17.2. The highest BCUT2D eigenvalue weighted by atomic mass is 16.5. The van der Waals surface area contributed by atoms with Crippen LogP contribution in [-0.2, 0) is 6.42 Å². The van der Waals surface area contributed by atoms with E-state index in [0.717, 1.165) is 11.8 Å². The Kier molecular flexibility index (Phi) is 2.00. The Morgan fingerprint density at radius 2 is 2.29 bits per heavy atom. The topological polar surface area (TPSA) is 46.5 Å². The molecule has 2 rings (SSSR count). The third-order valence-corrected chi connectivity index (χ3v) is 2.39. The number of hydrogen-bond donors (Lipinski definition) is 1. The highest BCUT2D eigenvalue weighted by Crippen LogP contribution is 2.28. The molecule has 0 heterocycles. The van der Waals surface area contributed by atoms with Crippen LogP contribution in [0.25, 0.3) is 0 Å². The van der Waals surface area contributed by atoms with Gasteiger partial charge >= 0.3 is 0 Å². The molecule has 0 saturated heterocycles. The van der Waals surface area contributed by atoms with Crippen molar-refractivity contribution in [3.8, 4) is 5.75 Å². The molecule has 0 aliphatic heterocycles. The zero-order chi connectivity index (χ0) is 10.1. The molecule has 3 heteroatoms. The quantitative estimate of drug-likeness (QED) is 0.543. The lowest BCUT2D eigenvalue weighted by Crippen LogP contribution is -1.95. The van der Waals surface area contributed by atoms with E-state index in [2.05, 4.69) is 0 Å². The van der Waals surface area contributed by atoms with Crippen molar-refractivity contribution in [3.63, 3.8) is 0 Å². The Morgan fingerprint density at radius 3 is 2.93 bits per heavy atom. The maximum atomic E-state index is 11.6. The number of aliphatic hydroxyl groups is 1. The fourth-order valence-electron chi connectivity index (χ4n) is 1.61. The van der Waals surface area contributed by atoms with Gasteiger partial charge in [0.05, 0.1) is 13.4 Å². The van der Waals surface area contributed by atoms with Crippen LogP contribution in [0.3, 0.4) is 0 Å². The summed E-state index contributed by atoms with van der Waals surface area (Å²) < 4.78 is 5.02. The second-order valence-electron chi connectivity index (χ2n) is 3.18. The van der Waals surface area contributed by atoms with Crippen molar-refractivity contribution in [2.24, 2.45) is 0 Å². The first-order valence-electron chi connectivity index (χ1n) is 4.31. The van der Waals surface area contributed by atoms with Gasteiger partial charge in [0.15, 0.2) is 5.78 Å². The first-order chi connectivity index (χ1) is 6.76. The molecule has 3 nitrogen and oxygen atoms in total. The molecule has 0 radical (unpaired) electrons. The van der Waals surface area contributed by atoms with Gasteiger partial charge in [-0.05, 0) is 17.7 Å². The van der Waals surface area contributed by atoms with Crippen LogP contribution in [-0.4, -0.2) is 18.0 Å². The summed E-state index contributed by atoms with van der Waals surface area (Å²) >= 11 is 0. The SMILES string of the molecule is COc1ccc2c(c1)C(=O)/C(=C/O)C2. The number of ether oxygens (including phenoxy) is 1. The maximum Gasteiger partial charge on any atom is 0.192 e. The fourth-order valence-corrected chi connectivity index (χ4v) is 1.61. The molecule has 0 aromatic heterocycles. The number of fused-ring (bicyclic) bond motifs is 1. The predicted molar refractivity (Wildman–Crippen MR) is 51.7 cm³/mol. The van der Waals surface area contributed by atoms with Crippen LogP contribution in [0.1, 0.15) is 15.9 Å². The molecule has 14 heavy (non-hydrogen) atoms. The van der Waals surface area contributed by atoms with Crippen LogP contribution in [0.5, 0.6) is 5.75 Å². The Hall–Kier alpha value is -1.77. The highest BCUT2D eigenvalue weighted by Gasteiger charge is 2.25.